The van der Waals surface area contributed by atoms with E-state index in [1.54, 1.807) is 12.2 Å². The highest BCUT2D eigenvalue weighted by molar-refractivity contribution is 5.82. The summed E-state index contributed by atoms with van der Waals surface area (Å²) >= 11 is 0. The molecule has 0 radical (unpaired) electrons. The average Bonchev–Trinajstić information content (AvgIpc) is 2.35. The molecule has 0 N–H and O–H groups in total. The van der Waals surface area contributed by atoms with Gasteiger partial charge in [-0.1, -0.05) is 45.9 Å². The molecular formula is C17H28O3. The summed E-state index contributed by atoms with van der Waals surface area (Å²) in [7, 11) is 0. The second-order valence-electron chi connectivity index (χ2n) is 6.30. The van der Waals surface area contributed by atoms with Gasteiger partial charge in [0.2, 0.25) is 0 Å². The summed E-state index contributed by atoms with van der Waals surface area (Å²) in [6, 6.07) is 0. The molecule has 0 spiro atoms. The predicted octanol–water partition coefficient (Wildman–Crippen LogP) is 3.89. The van der Waals surface area contributed by atoms with Crippen molar-refractivity contribution >= 4 is 5.97 Å². The second kappa shape index (κ2) is 8.25. The molecule has 1 aliphatic heterocycles. The number of esters is 1. The molecule has 0 aromatic carbocycles. The Morgan fingerprint density at radius 2 is 2.10 bits per heavy atom. The molecule has 0 unspecified atom stereocenters. The quantitative estimate of drug-likeness (QED) is 0.420. The highest BCUT2D eigenvalue weighted by atomic mass is 16.5. The van der Waals surface area contributed by atoms with Gasteiger partial charge in [-0.05, 0) is 31.1 Å². The molecule has 0 aromatic heterocycles. The third kappa shape index (κ3) is 5.91. The minimum absolute atomic E-state index is 0.200. The molecule has 3 heteroatoms. The Balaban J connectivity index is 2.70. The van der Waals surface area contributed by atoms with Gasteiger partial charge in [-0.15, -0.1) is 0 Å². The van der Waals surface area contributed by atoms with Crippen molar-refractivity contribution < 1.29 is 14.3 Å². The first kappa shape index (κ1) is 17.0. The molecule has 2 atom stereocenters. The summed E-state index contributed by atoms with van der Waals surface area (Å²) in [6.07, 6.45) is 6.34. The lowest BCUT2D eigenvalue weighted by Gasteiger charge is -2.35. The van der Waals surface area contributed by atoms with Crippen LogP contribution in [0, 0.1) is 11.8 Å². The fraction of sp³-hybridized carbons (Fsp3) is 0.706. The van der Waals surface area contributed by atoms with Gasteiger partial charge in [0.25, 0.3) is 0 Å². The van der Waals surface area contributed by atoms with Crippen LogP contribution in [0.2, 0.25) is 0 Å². The molecular weight excluding hydrogens is 252 g/mol. The van der Waals surface area contributed by atoms with Gasteiger partial charge in [-0.2, -0.15) is 0 Å². The van der Waals surface area contributed by atoms with E-state index in [-0.39, 0.29) is 24.8 Å². The van der Waals surface area contributed by atoms with E-state index in [1.807, 2.05) is 0 Å². The zero-order chi connectivity index (χ0) is 15.1. The zero-order valence-corrected chi connectivity index (χ0v) is 13.2. The maximum absolute atomic E-state index is 11.7. The maximum atomic E-state index is 11.7. The number of hydrogen-bond donors (Lipinski definition) is 0. The predicted molar refractivity (Wildman–Crippen MR) is 81.4 cm³/mol. The van der Waals surface area contributed by atoms with Gasteiger partial charge in [0.05, 0.1) is 12.2 Å². The van der Waals surface area contributed by atoms with E-state index >= 15 is 0 Å². The van der Waals surface area contributed by atoms with Crippen molar-refractivity contribution in [2.75, 3.05) is 6.61 Å². The highest BCUT2D eigenvalue weighted by Crippen LogP contribution is 2.31. The largest absolute Gasteiger partial charge is 0.458 e. The standard InChI is InChI=1S/C17H28O3/c1-6-7-19-17(18)11-14-9-15(8-12(2)3)20-16(10-14)13(4)5/h6,11-13,15-16H,1,7-10H2,2-5H3/b14-11-/t15-,16-/m1/s1. The summed E-state index contributed by atoms with van der Waals surface area (Å²) in [5.74, 6) is 0.782. The summed E-state index contributed by atoms with van der Waals surface area (Å²) < 4.78 is 11.2. The Morgan fingerprint density at radius 1 is 1.40 bits per heavy atom. The van der Waals surface area contributed by atoms with Gasteiger partial charge in [-0.3, -0.25) is 0 Å². The van der Waals surface area contributed by atoms with Crippen molar-refractivity contribution in [3.8, 4) is 0 Å². The van der Waals surface area contributed by atoms with E-state index in [0.29, 0.717) is 11.8 Å². The minimum atomic E-state index is -0.271. The van der Waals surface area contributed by atoms with Crippen LogP contribution in [0.4, 0.5) is 0 Å². The number of carbonyl (C=O) groups is 1. The molecule has 0 aromatic rings. The van der Waals surface area contributed by atoms with Crippen LogP contribution in [0.25, 0.3) is 0 Å². The van der Waals surface area contributed by atoms with Crippen LogP contribution in [0.3, 0.4) is 0 Å². The number of hydrogen-bond acceptors (Lipinski definition) is 3. The van der Waals surface area contributed by atoms with Crippen LogP contribution >= 0.6 is 0 Å². The lowest BCUT2D eigenvalue weighted by atomic mass is 9.89. The fourth-order valence-corrected chi connectivity index (χ4v) is 2.50. The van der Waals surface area contributed by atoms with E-state index in [9.17, 15) is 4.79 Å². The first-order valence-corrected chi connectivity index (χ1v) is 7.55. The number of rotatable bonds is 6. The maximum Gasteiger partial charge on any atom is 0.331 e. The fourth-order valence-electron chi connectivity index (χ4n) is 2.50. The van der Waals surface area contributed by atoms with Gasteiger partial charge >= 0.3 is 5.97 Å². The van der Waals surface area contributed by atoms with Crippen molar-refractivity contribution in [2.24, 2.45) is 11.8 Å². The average molecular weight is 280 g/mol. The van der Waals surface area contributed by atoms with E-state index in [1.165, 1.54) is 0 Å². The van der Waals surface area contributed by atoms with Gasteiger partial charge in [-0.25, -0.2) is 4.79 Å². The molecule has 0 aliphatic carbocycles. The van der Waals surface area contributed by atoms with Gasteiger partial charge in [0, 0.05) is 6.08 Å². The van der Waals surface area contributed by atoms with Crippen LogP contribution in [0.1, 0.15) is 47.0 Å². The lowest BCUT2D eigenvalue weighted by Crippen LogP contribution is -2.33. The Labute approximate surface area is 123 Å². The SMILES string of the molecule is C=CCOC(=O)/C=C1/C[C@@H](CC(C)C)O[C@@H](C(C)C)C1. The molecule has 1 saturated heterocycles. The van der Waals surface area contributed by atoms with Gasteiger partial charge in [0.1, 0.15) is 6.61 Å². The molecule has 0 bridgehead atoms. The van der Waals surface area contributed by atoms with Gasteiger partial charge in [0.15, 0.2) is 0 Å². The summed E-state index contributed by atoms with van der Waals surface area (Å²) in [5.41, 5.74) is 1.15. The van der Waals surface area contributed by atoms with Crippen LogP contribution in [0.5, 0.6) is 0 Å². The normalized spacial score (nSPS) is 25.2. The topological polar surface area (TPSA) is 35.5 Å². The zero-order valence-electron chi connectivity index (χ0n) is 13.2. The van der Waals surface area contributed by atoms with E-state index < -0.39 is 0 Å². The Bertz CT molecular complexity index is 355. The smallest absolute Gasteiger partial charge is 0.331 e. The second-order valence-corrected chi connectivity index (χ2v) is 6.30. The monoisotopic (exact) mass is 280 g/mol. The minimum Gasteiger partial charge on any atom is -0.458 e. The van der Waals surface area contributed by atoms with Crippen molar-refractivity contribution in [3.63, 3.8) is 0 Å². The molecule has 1 fully saturated rings. The van der Waals surface area contributed by atoms with Gasteiger partial charge < -0.3 is 9.47 Å². The summed E-state index contributed by atoms with van der Waals surface area (Å²) in [5, 5.41) is 0. The van der Waals surface area contributed by atoms with Crippen molar-refractivity contribution in [3.05, 3.63) is 24.3 Å². The first-order chi connectivity index (χ1) is 9.42. The Morgan fingerprint density at radius 3 is 2.65 bits per heavy atom. The third-order valence-electron chi connectivity index (χ3n) is 3.46. The van der Waals surface area contributed by atoms with E-state index in [2.05, 4.69) is 34.3 Å². The van der Waals surface area contributed by atoms with Crippen molar-refractivity contribution in [1.29, 1.82) is 0 Å². The van der Waals surface area contributed by atoms with Crippen LogP contribution in [-0.4, -0.2) is 24.8 Å². The molecule has 1 heterocycles. The molecule has 3 nitrogen and oxygen atoms in total. The molecule has 20 heavy (non-hydrogen) atoms. The third-order valence-corrected chi connectivity index (χ3v) is 3.46. The van der Waals surface area contributed by atoms with E-state index in [4.69, 9.17) is 9.47 Å². The molecule has 1 rings (SSSR count). The number of ether oxygens (including phenoxy) is 2. The molecule has 0 amide bonds. The molecule has 1 aliphatic rings. The Hall–Kier alpha value is -1.09. The first-order valence-electron chi connectivity index (χ1n) is 7.55. The summed E-state index contributed by atoms with van der Waals surface area (Å²) in [6.45, 7) is 12.5. The van der Waals surface area contributed by atoms with E-state index in [0.717, 1.165) is 24.8 Å². The lowest BCUT2D eigenvalue weighted by molar-refractivity contribution is -0.136. The van der Waals surface area contributed by atoms with Crippen LogP contribution in [0.15, 0.2) is 24.3 Å². The van der Waals surface area contributed by atoms with Crippen LogP contribution in [-0.2, 0) is 14.3 Å². The summed E-state index contributed by atoms with van der Waals surface area (Å²) in [4.78, 5) is 11.7. The molecule has 0 saturated carbocycles. The highest BCUT2D eigenvalue weighted by Gasteiger charge is 2.28. The van der Waals surface area contributed by atoms with Crippen molar-refractivity contribution in [1.82, 2.24) is 0 Å². The molecule has 114 valence electrons. The van der Waals surface area contributed by atoms with Crippen molar-refractivity contribution in [2.45, 2.75) is 59.2 Å². The Kier molecular flexibility index (Phi) is 7.00. The van der Waals surface area contributed by atoms with Crippen LogP contribution < -0.4 is 0 Å². The number of carbonyl (C=O) groups excluding carboxylic acids is 1.